The highest BCUT2D eigenvalue weighted by molar-refractivity contribution is 6.02. The van der Waals surface area contributed by atoms with Gasteiger partial charge in [0.05, 0.1) is 7.11 Å². The van der Waals surface area contributed by atoms with Crippen molar-refractivity contribution in [3.8, 4) is 5.75 Å². The number of rotatable bonds is 3. The van der Waals surface area contributed by atoms with Gasteiger partial charge in [-0.3, -0.25) is 4.79 Å². The number of methoxy groups -OCH3 is 1. The molecule has 0 bridgehead atoms. The molecular formula is C16H15FN2O4. The Morgan fingerprint density at radius 1 is 1.30 bits per heavy atom. The lowest BCUT2D eigenvalue weighted by atomic mass is 10.1. The van der Waals surface area contributed by atoms with Crippen LogP contribution in [0.2, 0.25) is 0 Å². The van der Waals surface area contributed by atoms with Gasteiger partial charge in [-0.2, -0.15) is 0 Å². The van der Waals surface area contributed by atoms with E-state index in [0.717, 1.165) is 5.56 Å². The number of nitrogens with zero attached hydrogens (tertiary/aromatic N) is 2. The molecule has 1 amide bonds. The van der Waals surface area contributed by atoms with Crippen molar-refractivity contribution in [1.29, 1.82) is 0 Å². The zero-order valence-electron chi connectivity index (χ0n) is 12.5. The Bertz CT molecular complexity index is 767. The first-order valence-electron chi connectivity index (χ1n) is 7.05. The summed E-state index contributed by atoms with van der Waals surface area (Å²) >= 11 is 0. The SMILES string of the molecule is COC(=O)c1cn2c(c1O)C(=O)N(Cc1ccc(F)cc1)CC2. The van der Waals surface area contributed by atoms with E-state index in [1.807, 2.05) is 0 Å². The quantitative estimate of drug-likeness (QED) is 0.876. The zero-order valence-corrected chi connectivity index (χ0v) is 12.5. The lowest BCUT2D eigenvalue weighted by Crippen LogP contribution is -2.39. The van der Waals surface area contributed by atoms with Gasteiger partial charge in [0.1, 0.15) is 11.4 Å². The Morgan fingerprint density at radius 2 is 2.00 bits per heavy atom. The molecule has 1 N–H and O–H groups in total. The van der Waals surface area contributed by atoms with Crippen LogP contribution in [0.1, 0.15) is 26.4 Å². The van der Waals surface area contributed by atoms with Gasteiger partial charge in [0, 0.05) is 25.8 Å². The van der Waals surface area contributed by atoms with Crippen LogP contribution >= 0.6 is 0 Å². The summed E-state index contributed by atoms with van der Waals surface area (Å²) in [6.07, 6.45) is 1.42. The zero-order chi connectivity index (χ0) is 16.6. The van der Waals surface area contributed by atoms with Crippen LogP contribution in [-0.2, 0) is 17.8 Å². The Hall–Kier alpha value is -2.83. The molecule has 0 atom stereocenters. The van der Waals surface area contributed by atoms with E-state index in [9.17, 15) is 19.1 Å². The number of halogens is 1. The minimum atomic E-state index is -0.692. The minimum absolute atomic E-state index is 0.0283. The van der Waals surface area contributed by atoms with Gasteiger partial charge >= 0.3 is 5.97 Å². The number of esters is 1. The number of carbonyl (C=O) groups excluding carboxylic acids is 2. The second-order valence-electron chi connectivity index (χ2n) is 5.28. The van der Waals surface area contributed by atoms with Crippen molar-refractivity contribution in [3.63, 3.8) is 0 Å². The average molecular weight is 318 g/mol. The average Bonchev–Trinajstić information content (AvgIpc) is 2.89. The number of ether oxygens (including phenoxy) is 1. The molecule has 23 heavy (non-hydrogen) atoms. The van der Waals surface area contributed by atoms with Gasteiger partial charge in [-0.15, -0.1) is 0 Å². The number of fused-ring (bicyclic) bond motifs is 1. The fourth-order valence-electron chi connectivity index (χ4n) is 2.65. The first-order valence-corrected chi connectivity index (χ1v) is 7.05. The molecule has 2 heterocycles. The molecule has 2 aromatic rings. The molecule has 7 heteroatoms. The third-order valence-corrected chi connectivity index (χ3v) is 3.84. The maximum atomic E-state index is 12.9. The smallest absolute Gasteiger partial charge is 0.343 e. The predicted octanol–water partition coefficient (Wildman–Crippen LogP) is 1.78. The van der Waals surface area contributed by atoms with Crippen molar-refractivity contribution < 1.29 is 23.8 Å². The Balaban J connectivity index is 1.87. The van der Waals surface area contributed by atoms with Crippen molar-refractivity contribution in [3.05, 3.63) is 53.1 Å². The standard InChI is InChI=1S/C16H15FN2O4/c1-23-16(22)12-9-18-6-7-19(15(21)13(18)14(12)20)8-10-2-4-11(17)5-3-10/h2-5,9,20H,6-8H2,1H3. The third-order valence-electron chi connectivity index (χ3n) is 3.84. The summed E-state index contributed by atoms with van der Waals surface area (Å²) < 4.78 is 19.1. The molecule has 0 saturated carbocycles. The van der Waals surface area contributed by atoms with Crippen molar-refractivity contribution in [1.82, 2.24) is 9.47 Å². The molecule has 1 aromatic carbocycles. The molecule has 1 aliphatic rings. The number of hydrogen-bond donors (Lipinski definition) is 1. The van der Waals surface area contributed by atoms with Gasteiger partial charge in [-0.1, -0.05) is 12.1 Å². The molecule has 0 radical (unpaired) electrons. The number of aromatic nitrogens is 1. The summed E-state index contributed by atoms with van der Waals surface area (Å²) in [5.74, 6) is -1.78. The highest BCUT2D eigenvalue weighted by Crippen LogP contribution is 2.30. The fraction of sp³-hybridized carbons (Fsp3) is 0.250. The Kier molecular flexibility index (Phi) is 3.77. The first kappa shape index (κ1) is 15.1. The number of hydrogen-bond acceptors (Lipinski definition) is 4. The third kappa shape index (κ3) is 2.65. The summed E-state index contributed by atoms with van der Waals surface area (Å²) in [5.41, 5.74) is 0.825. The Labute approximate surface area is 131 Å². The van der Waals surface area contributed by atoms with E-state index < -0.39 is 5.97 Å². The summed E-state index contributed by atoms with van der Waals surface area (Å²) in [7, 11) is 1.21. The highest BCUT2D eigenvalue weighted by atomic mass is 19.1. The maximum absolute atomic E-state index is 12.9. The van der Waals surface area contributed by atoms with Crippen LogP contribution in [0.25, 0.3) is 0 Å². The molecule has 0 aliphatic carbocycles. The van der Waals surface area contributed by atoms with Crippen LogP contribution in [0, 0.1) is 5.82 Å². The minimum Gasteiger partial charge on any atom is -0.505 e. The molecule has 120 valence electrons. The van der Waals surface area contributed by atoms with Crippen molar-refractivity contribution >= 4 is 11.9 Å². The van der Waals surface area contributed by atoms with E-state index in [1.165, 1.54) is 25.4 Å². The van der Waals surface area contributed by atoms with Crippen LogP contribution in [0.4, 0.5) is 4.39 Å². The van der Waals surface area contributed by atoms with E-state index in [1.54, 1.807) is 21.6 Å². The first-order chi connectivity index (χ1) is 11.0. The van der Waals surface area contributed by atoms with Crippen molar-refractivity contribution in [2.45, 2.75) is 13.1 Å². The second-order valence-corrected chi connectivity index (χ2v) is 5.28. The van der Waals surface area contributed by atoms with Gasteiger partial charge in [-0.25, -0.2) is 9.18 Å². The molecule has 0 fully saturated rings. The Morgan fingerprint density at radius 3 is 2.65 bits per heavy atom. The van der Waals surface area contributed by atoms with Gasteiger partial charge in [0.2, 0.25) is 0 Å². The van der Waals surface area contributed by atoms with Crippen molar-refractivity contribution in [2.75, 3.05) is 13.7 Å². The van der Waals surface area contributed by atoms with E-state index in [0.29, 0.717) is 19.6 Å². The van der Waals surface area contributed by atoms with E-state index in [-0.39, 0.29) is 28.7 Å². The summed E-state index contributed by atoms with van der Waals surface area (Å²) in [6, 6.07) is 5.88. The largest absolute Gasteiger partial charge is 0.505 e. The van der Waals surface area contributed by atoms with Crippen LogP contribution < -0.4 is 0 Å². The summed E-state index contributed by atoms with van der Waals surface area (Å²) in [4.78, 5) is 25.7. The second kappa shape index (κ2) is 5.75. The fourth-order valence-corrected chi connectivity index (χ4v) is 2.65. The number of aromatic hydroxyl groups is 1. The van der Waals surface area contributed by atoms with Gasteiger partial charge in [0.25, 0.3) is 5.91 Å². The maximum Gasteiger partial charge on any atom is 0.343 e. The molecule has 6 nitrogen and oxygen atoms in total. The molecule has 0 spiro atoms. The normalized spacial score (nSPS) is 13.8. The molecule has 0 saturated heterocycles. The topological polar surface area (TPSA) is 71.8 Å². The van der Waals surface area contributed by atoms with Crippen LogP contribution in [-0.4, -0.2) is 40.1 Å². The van der Waals surface area contributed by atoms with E-state index >= 15 is 0 Å². The highest BCUT2D eigenvalue weighted by Gasteiger charge is 2.32. The number of amides is 1. The molecule has 0 unspecified atom stereocenters. The number of carbonyl (C=O) groups is 2. The molecular weight excluding hydrogens is 303 g/mol. The van der Waals surface area contributed by atoms with Gasteiger partial charge < -0.3 is 19.3 Å². The molecule has 1 aliphatic heterocycles. The lowest BCUT2D eigenvalue weighted by Gasteiger charge is -2.28. The lowest BCUT2D eigenvalue weighted by molar-refractivity contribution is 0.0597. The molecule has 1 aromatic heterocycles. The van der Waals surface area contributed by atoms with E-state index in [2.05, 4.69) is 4.74 Å². The van der Waals surface area contributed by atoms with Crippen LogP contribution in [0.15, 0.2) is 30.5 Å². The van der Waals surface area contributed by atoms with Crippen LogP contribution in [0.3, 0.4) is 0 Å². The van der Waals surface area contributed by atoms with Gasteiger partial charge in [0.15, 0.2) is 11.4 Å². The monoisotopic (exact) mass is 318 g/mol. The van der Waals surface area contributed by atoms with Crippen LogP contribution in [0.5, 0.6) is 5.75 Å². The summed E-state index contributed by atoms with van der Waals surface area (Å²) in [5, 5.41) is 10.1. The number of benzene rings is 1. The van der Waals surface area contributed by atoms with E-state index in [4.69, 9.17) is 0 Å². The molecule has 3 rings (SSSR count). The van der Waals surface area contributed by atoms with Gasteiger partial charge in [-0.05, 0) is 17.7 Å². The summed E-state index contributed by atoms with van der Waals surface area (Å²) in [6.45, 7) is 1.18. The predicted molar refractivity (Wildman–Crippen MR) is 78.6 cm³/mol. The van der Waals surface area contributed by atoms with Crippen molar-refractivity contribution in [2.24, 2.45) is 0 Å².